The summed E-state index contributed by atoms with van der Waals surface area (Å²) in [4.78, 5) is 23.2. The smallest absolute Gasteiger partial charge is 0.328 e. The molecular formula is C12H13NO3. The molecule has 1 aromatic rings. The monoisotopic (exact) mass is 219 g/mol. The lowest BCUT2D eigenvalue weighted by Gasteiger charge is -2.15. The Morgan fingerprint density at radius 2 is 2.00 bits per heavy atom. The predicted molar refractivity (Wildman–Crippen MR) is 61.4 cm³/mol. The number of hydrogen-bond donors (Lipinski definition) is 1. The van der Waals surface area contributed by atoms with E-state index in [0.717, 1.165) is 23.4 Å². The number of benzene rings is 1. The predicted octanol–water partition coefficient (Wildman–Crippen LogP) is 1.60. The fourth-order valence-corrected chi connectivity index (χ4v) is 1.22. The van der Waals surface area contributed by atoms with Gasteiger partial charge in [-0.15, -0.1) is 0 Å². The summed E-state index contributed by atoms with van der Waals surface area (Å²) in [6, 6.07) is 7.41. The lowest BCUT2D eigenvalue weighted by atomic mass is 10.2. The van der Waals surface area contributed by atoms with Crippen molar-refractivity contribution in [2.75, 3.05) is 11.9 Å². The van der Waals surface area contributed by atoms with E-state index in [2.05, 4.69) is 0 Å². The van der Waals surface area contributed by atoms with Crippen LogP contribution in [0.3, 0.4) is 0 Å². The fraction of sp³-hybridized carbons (Fsp3) is 0.167. The number of hydrogen-bond acceptors (Lipinski definition) is 2. The van der Waals surface area contributed by atoms with E-state index >= 15 is 0 Å². The summed E-state index contributed by atoms with van der Waals surface area (Å²) in [5, 5.41) is 8.40. The highest BCUT2D eigenvalue weighted by Gasteiger charge is 2.07. The highest BCUT2D eigenvalue weighted by atomic mass is 16.4. The van der Waals surface area contributed by atoms with Crippen LogP contribution in [0.4, 0.5) is 5.69 Å². The third-order valence-electron chi connectivity index (χ3n) is 2.09. The fourth-order valence-electron chi connectivity index (χ4n) is 1.22. The van der Waals surface area contributed by atoms with Gasteiger partial charge in [0.05, 0.1) is 0 Å². The molecule has 0 spiro atoms. The summed E-state index contributed by atoms with van der Waals surface area (Å²) in [5.41, 5.74) is 1.78. The molecule has 0 aliphatic heterocycles. The first-order valence-electron chi connectivity index (χ1n) is 4.76. The molecule has 1 rings (SSSR count). The van der Waals surface area contributed by atoms with Crippen LogP contribution in [0.5, 0.6) is 0 Å². The molecule has 1 amide bonds. The number of amides is 1. The topological polar surface area (TPSA) is 57.6 Å². The van der Waals surface area contributed by atoms with Gasteiger partial charge in [0, 0.05) is 24.9 Å². The molecule has 0 fully saturated rings. The molecular weight excluding hydrogens is 206 g/mol. The van der Waals surface area contributed by atoms with Gasteiger partial charge in [0.1, 0.15) is 0 Å². The summed E-state index contributed by atoms with van der Waals surface area (Å²) in [7, 11) is 1.60. The summed E-state index contributed by atoms with van der Waals surface area (Å²) < 4.78 is 0. The highest BCUT2D eigenvalue weighted by Crippen LogP contribution is 2.14. The Balaban J connectivity index is 2.82. The van der Waals surface area contributed by atoms with Crippen LogP contribution in [0.15, 0.2) is 36.4 Å². The van der Waals surface area contributed by atoms with Gasteiger partial charge in [-0.25, -0.2) is 4.79 Å². The molecule has 16 heavy (non-hydrogen) atoms. The molecule has 1 N–H and O–H groups in total. The molecule has 84 valence electrons. The number of carboxylic acid groups (broad SMARTS) is 1. The Bertz CT molecular complexity index is 438. The minimum absolute atomic E-state index is 0.368. The van der Waals surface area contributed by atoms with Crippen molar-refractivity contribution in [3.05, 3.63) is 42.0 Å². The molecule has 0 aliphatic carbocycles. The summed E-state index contributed by atoms with van der Waals surface area (Å²) in [6.07, 6.45) is 1.86. The third-order valence-corrected chi connectivity index (χ3v) is 2.09. The molecule has 0 radical (unpaired) electrons. The first-order valence-corrected chi connectivity index (χ1v) is 4.76. The van der Waals surface area contributed by atoms with Gasteiger partial charge in [0.25, 0.3) is 5.91 Å². The lowest BCUT2D eigenvalue weighted by Crippen LogP contribution is -2.24. The van der Waals surface area contributed by atoms with Crippen LogP contribution in [0.2, 0.25) is 0 Å². The van der Waals surface area contributed by atoms with Crippen molar-refractivity contribution < 1.29 is 14.7 Å². The van der Waals surface area contributed by atoms with Crippen molar-refractivity contribution in [1.29, 1.82) is 0 Å². The van der Waals surface area contributed by atoms with Gasteiger partial charge >= 0.3 is 5.97 Å². The van der Waals surface area contributed by atoms with Crippen molar-refractivity contribution in [2.45, 2.75) is 6.92 Å². The minimum atomic E-state index is -1.13. The molecule has 0 saturated heterocycles. The molecule has 4 heteroatoms. The molecule has 0 saturated carbocycles. The third kappa shape index (κ3) is 3.24. The maximum atomic E-state index is 11.5. The summed E-state index contributed by atoms with van der Waals surface area (Å²) >= 11 is 0. The van der Waals surface area contributed by atoms with Crippen molar-refractivity contribution >= 4 is 17.6 Å². The number of carboxylic acids is 1. The quantitative estimate of drug-likeness (QED) is 0.785. The number of carbonyl (C=O) groups excluding carboxylic acids is 1. The van der Waals surface area contributed by atoms with Crippen molar-refractivity contribution in [3.63, 3.8) is 0 Å². The summed E-state index contributed by atoms with van der Waals surface area (Å²) in [6.45, 7) is 1.93. The molecule has 0 bridgehead atoms. The van der Waals surface area contributed by atoms with Crippen LogP contribution >= 0.6 is 0 Å². The van der Waals surface area contributed by atoms with Gasteiger partial charge in [0.2, 0.25) is 0 Å². The Hall–Kier alpha value is -2.10. The van der Waals surface area contributed by atoms with E-state index in [9.17, 15) is 9.59 Å². The minimum Gasteiger partial charge on any atom is -0.478 e. The van der Waals surface area contributed by atoms with Gasteiger partial charge in [-0.2, -0.15) is 0 Å². The van der Waals surface area contributed by atoms with Crippen molar-refractivity contribution in [2.24, 2.45) is 0 Å². The average molecular weight is 219 g/mol. The second-order valence-electron chi connectivity index (χ2n) is 3.41. The second kappa shape index (κ2) is 5.11. The van der Waals surface area contributed by atoms with Crippen molar-refractivity contribution in [3.8, 4) is 0 Å². The van der Waals surface area contributed by atoms with E-state index in [1.54, 1.807) is 13.1 Å². The number of nitrogens with zero attached hydrogens (tertiary/aromatic N) is 1. The molecule has 0 heterocycles. The first kappa shape index (κ1) is 12.0. The van der Waals surface area contributed by atoms with Gasteiger partial charge in [-0.1, -0.05) is 12.1 Å². The zero-order valence-electron chi connectivity index (χ0n) is 9.18. The Morgan fingerprint density at radius 3 is 2.56 bits per heavy atom. The SMILES string of the molecule is Cc1cccc(N(C)C(=O)C=CC(=O)O)c1. The van der Waals surface area contributed by atoms with Crippen LogP contribution in [0.25, 0.3) is 0 Å². The van der Waals surface area contributed by atoms with E-state index in [4.69, 9.17) is 5.11 Å². The van der Waals surface area contributed by atoms with E-state index in [1.165, 1.54) is 4.90 Å². The molecule has 1 aromatic carbocycles. The standard InChI is InChI=1S/C12H13NO3/c1-9-4-3-5-10(8-9)13(2)11(14)6-7-12(15)16/h3-8H,1-2H3,(H,15,16). The van der Waals surface area contributed by atoms with Gasteiger partial charge in [-0.3, -0.25) is 4.79 Å². The van der Waals surface area contributed by atoms with Crippen LogP contribution < -0.4 is 4.90 Å². The summed E-state index contributed by atoms with van der Waals surface area (Å²) in [5.74, 6) is -1.50. The highest BCUT2D eigenvalue weighted by molar-refractivity contribution is 6.03. The molecule has 0 unspecified atom stereocenters. The van der Waals surface area contributed by atoms with Crippen LogP contribution in [0.1, 0.15) is 5.56 Å². The Morgan fingerprint density at radius 1 is 1.31 bits per heavy atom. The number of aryl methyl sites for hydroxylation is 1. The number of carbonyl (C=O) groups is 2. The normalized spacial score (nSPS) is 10.4. The Labute approximate surface area is 93.8 Å². The van der Waals surface area contributed by atoms with Gasteiger partial charge < -0.3 is 10.0 Å². The maximum absolute atomic E-state index is 11.5. The molecule has 4 nitrogen and oxygen atoms in total. The zero-order valence-corrected chi connectivity index (χ0v) is 9.18. The van der Waals surface area contributed by atoms with E-state index in [0.29, 0.717) is 0 Å². The number of anilines is 1. The van der Waals surface area contributed by atoms with Crippen molar-refractivity contribution in [1.82, 2.24) is 0 Å². The average Bonchev–Trinajstić information content (AvgIpc) is 2.24. The van der Waals surface area contributed by atoms with E-state index < -0.39 is 5.97 Å². The molecule has 0 atom stereocenters. The van der Waals surface area contributed by atoms with Gasteiger partial charge in [0.15, 0.2) is 0 Å². The molecule has 0 aromatic heterocycles. The largest absolute Gasteiger partial charge is 0.478 e. The van der Waals surface area contributed by atoms with Crippen LogP contribution in [-0.2, 0) is 9.59 Å². The van der Waals surface area contributed by atoms with E-state index in [1.807, 2.05) is 25.1 Å². The number of likely N-dealkylation sites (N-methyl/N-ethyl adjacent to an activating group) is 1. The van der Waals surface area contributed by atoms with Crippen LogP contribution in [-0.4, -0.2) is 24.0 Å². The van der Waals surface area contributed by atoms with Gasteiger partial charge in [-0.05, 0) is 24.6 Å². The zero-order chi connectivity index (χ0) is 12.1. The maximum Gasteiger partial charge on any atom is 0.328 e. The molecule has 0 aliphatic rings. The van der Waals surface area contributed by atoms with Crippen LogP contribution in [0, 0.1) is 6.92 Å². The number of aliphatic carboxylic acids is 1. The second-order valence-corrected chi connectivity index (χ2v) is 3.41. The number of rotatable bonds is 3. The lowest BCUT2D eigenvalue weighted by molar-refractivity contribution is -0.131. The first-order chi connectivity index (χ1) is 7.50. The Kier molecular flexibility index (Phi) is 3.83. The van der Waals surface area contributed by atoms with E-state index in [-0.39, 0.29) is 5.91 Å².